The van der Waals surface area contributed by atoms with Crippen LogP contribution in [0.15, 0.2) is 45.1 Å². The number of fused-ring (bicyclic) bond motifs is 4. The van der Waals surface area contributed by atoms with Gasteiger partial charge in [0.15, 0.2) is 0 Å². The van der Waals surface area contributed by atoms with Crippen molar-refractivity contribution in [1.82, 2.24) is 13.9 Å². The Hall–Kier alpha value is -3.09. The number of unbranched alkanes of at least 4 members (excludes halogenated alkanes) is 1. The van der Waals surface area contributed by atoms with E-state index in [-0.39, 0.29) is 23.8 Å². The van der Waals surface area contributed by atoms with Crippen molar-refractivity contribution in [3.63, 3.8) is 0 Å². The van der Waals surface area contributed by atoms with Crippen LogP contribution in [0.5, 0.6) is 0 Å². The first-order valence-corrected chi connectivity index (χ1v) is 11.5. The van der Waals surface area contributed by atoms with Gasteiger partial charge < -0.3 is 14.7 Å². The molecule has 2 aromatic rings. The van der Waals surface area contributed by atoms with Crippen LogP contribution in [-0.4, -0.2) is 49.7 Å². The third kappa shape index (κ3) is 3.54. The minimum Gasteiger partial charge on any atom is -0.396 e. The van der Waals surface area contributed by atoms with Gasteiger partial charge in [0.1, 0.15) is 24.9 Å². The summed E-state index contributed by atoms with van der Waals surface area (Å²) in [4.78, 5) is 32.5. The number of terminal acetylenes is 1. The fraction of sp³-hybridized carbons (Fsp3) is 0.542. The summed E-state index contributed by atoms with van der Waals surface area (Å²) in [5.74, 6) is 2.32. The van der Waals surface area contributed by atoms with E-state index >= 15 is 0 Å². The number of hydrogen-bond acceptors (Lipinski definition) is 6. The number of aliphatic hydroxyl groups excluding tert-OH is 1. The van der Waals surface area contributed by atoms with Crippen LogP contribution in [0.1, 0.15) is 50.3 Å². The topological polar surface area (TPSA) is 103 Å². The summed E-state index contributed by atoms with van der Waals surface area (Å²) in [7, 11) is 0. The lowest BCUT2D eigenvalue weighted by Crippen LogP contribution is -2.53. The summed E-state index contributed by atoms with van der Waals surface area (Å²) < 4.78 is 9.91. The highest BCUT2D eigenvalue weighted by Crippen LogP contribution is 2.46. The van der Waals surface area contributed by atoms with Crippen LogP contribution >= 0.6 is 0 Å². The van der Waals surface area contributed by atoms with Crippen molar-refractivity contribution >= 4 is 5.71 Å². The minimum atomic E-state index is -0.906. The molecule has 1 aromatic carbocycles. The van der Waals surface area contributed by atoms with Crippen LogP contribution in [0.2, 0.25) is 0 Å². The summed E-state index contributed by atoms with van der Waals surface area (Å²) in [6.07, 6.45) is 6.06. The summed E-state index contributed by atoms with van der Waals surface area (Å²) >= 11 is 0. The van der Waals surface area contributed by atoms with Gasteiger partial charge in [-0.1, -0.05) is 42.4 Å². The van der Waals surface area contributed by atoms with Crippen LogP contribution in [-0.2, 0) is 16.1 Å². The number of epoxide rings is 1. The van der Waals surface area contributed by atoms with Gasteiger partial charge in [-0.2, -0.15) is 0 Å². The smallest absolute Gasteiger partial charge is 0.348 e. The first-order chi connectivity index (χ1) is 16.1. The molecule has 2 fully saturated rings. The van der Waals surface area contributed by atoms with Gasteiger partial charge in [-0.15, -0.1) is 12.3 Å². The molecule has 6 atom stereocenters. The third-order valence-electron chi connectivity index (χ3n) is 6.93. The molecule has 1 aliphatic carbocycles. The van der Waals surface area contributed by atoms with Crippen molar-refractivity contribution in [2.24, 2.45) is 11.1 Å². The molecule has 5 rings (SSSR count). The fourth-order valence-corrected chi connectivity index (χ4v) is 5.33. The Balaban J connectivity index is 1.52. The summed E-state index contributed by atoms with van der Waals surface area (Å²) in [6, 6.07) is 8.53. The standard InChI is InChI=1S/C24H28N4O5/c1-3-5-9-14-32-25-18-16-12-13-26-23(30)27(17(4-2)15-10-7-6-8-11-15)24(31)28(26)19(16)20(29)22-21(18)33-22/h1,6-8,10-11,16-17,19-22,29H,4-5,9,12-14H2,2H3/t16-,17+,19-,20+,21-,22+/m1/s1. The Bertz CT molecular complexity index is 1200. The molecule has 1 aromatic heterocycles. The predicted molar refractivity (Wildman–Crippen MR) is 121 cm³/mol. The van der Waals surface area contributed by atoms with E-state index in [1.807, 2.05) is 37.3 Å². The molecule has 174 valence electrons. The van der Waals surface area contributed by atoms with Crippen LogP contribution in [0.3, 0.4) is 0 Å². The molecule has 9 heteroatoms. The van der Waals surface area contributed by atoms with Crippen LogP contribution in [0.4, 0.5) is 0 Å². The lowest BCUT2D eigenvalue weighted by molar-refractivity contribution is 0.0322. The molecule has 33 heavy (non-hydrogen) atoms. The van der Waals surface area contributed by atoms with E-state index in [2.05, 4.69) is 11.1 Å². The Labute approximate surface area is 191 Å². The van der Waals surface area contributed by atoms with Gasteiger partial charge in [0.25, 0.3) is 0 Å². The zero-order valence-corrected chi connectivity index (χ0v) is 18.5. The molecule has 9 nitrogen and oxygen atoms in total. The number of hydrogen-bond donors (Lipinski definition) is 1. The maximum atomic E-state index is 13.6. The molecular formula is C24H28N4O5. The minimum absolute atomic E-state index is 0.249. The third-order valence-corrected chi connectivity index (χ3v) is 6.93. The summed E-state index contributed by atoms with van der Waals surface area (Å²) in [5, 5.41) is 15.4. The predicted octanol–water partition coefficient (Wildman–Crippen LogP) is 1.30. The second-order valence-corrected chi connectivity index (χ2v) is 8.79. The zero-order valence-electron chi connectivity index (χ0n) is 18.5. The van der Waals surface area contributed by atoms with Gasteiger partial charge in [-0.05, 0) is 24.8 Å². The van der Waals surface area contributed by atoms with Crippen molar-refractivity contribution in [2.75, 3.05) is 6.61 Å². The first-order valence-electron chi connectivity index (χ1n) is 11.5. The second-order valence-electron chi connectivity index (χ2n) is 8.79. The SMILES string of the molecule is C#CCCCON=C1[C@H]2CCn3c(=O)n([C@@H](CC)c4ccccc4)c(=O)n3[C@H]2[C@H](O)[C@@H]2O[C@H]12. The van der Waals surface area contributed by atoms with Crippen molar-refractivity contribution in [2.45, 2.75) is 69.5 Å². The number of aliphatic hydroxyl groups is 1. The van der Waals surface area contributed by atoms with E-state index in [4.69, 9.17) is 16.0 Å². The fourth-order valence-electron chi connectivity index (χ4n) is 5.33. The molecule has 3 aliphatic rings. The molecular weight excluding hydrogens is 424 g/mol. The highest BCUT2D eigenvalue weighted by Gasteiger charge is 2.61. The molecule has 1 saturated heterocycles. The molecule has 0 amide bonds. The van der Waals surface area contributed by atoms with E-state index in [0.717, 1.165) is 5.56 Å². The van der Waals surface area contributed by atoms with Crippen molar-refractivity contribution in [1.29, 1.82) is 0 Å². The Morgan fingerprint density at radius 2 is 2.09 bits per heavy atom. The Morgan fingerprint density at radius 1 is 1.30 bits per heavy atom. The molecule has 0 spiro atoms. The van der Waals surface area contributed by atoms with E-state index in [0.29, 0.717) is 44.5 Å². The normalized spacial score (nSPS) is 29.5. The number of nitrogens with zero attached hydrogens (tertiary/aromatic N) is 4. The molecule has 0 unspecified atom stereocenters. The van der Waals surface area contributed by atoms with Crippen molar-refractivity contribution < 1.29 is 14.7 Å². The highest BCUT2D eigenvalue weighted by atomic mass is 16.6. The van der Waals surface area contributed by atoms with E-state index in [1.54, 1.807) is 0 Å². The number of rotatable bonds is 7. The number of aromatic nitrogens is 3. The highest BCUT2D eigenvalue weighted by molar-refractivity contribution is 5.94. The van der Waals surface area contributed by atoms with Crippen molar-refractivity contribution in [3.8, 4) is 12.3 Å². The zero-order chi connectivity index (χ0) is 23.1. The number of benzene rings is 1. The van der Waals surface area contributed by atoms with Gasteiger partial charge in [-0.3, -0.25) is 0 Å². The van der Waals surface area contributed by atoms with Gasteiger partial charge in [-0.25, -0.2) is 23.5 Å². The number of ether oxygens (including phenoxy) is 1. The largest absolute Gasteiger partial charge is 0.396 e. The van der Waals surface area contributed by atoms with E-state index in [1.165, 1.54) is 13.9 Å². The first kappa shape index (κ1) is 21.7. The number of oxime groups is 1. The van der Waals surface area contributed by atoms with Gasteiger partial charge >= 0.3 is 11.4 Å². The quantitative estimate of drug-likeness (QED) is 0.295. The molecule has 0 bridgehead atoms. The molecule has 3 heterocycles. The molecule has 0 radical (unpaired) electrons. The molecule has 1 N–H and O–H groups in total. The maximum Gasteiger partial charge on any atom is 0.348 e. The lowest BCUT2D eigenvalue weighted by atomic mass is 9.78. The second kappa shape index (κ2) is 8.69. The molecule has 2 aliphatic heterocycles. The molecule has 1 saturated carbocycles. The maximum absolute atomic E-state index is 13.6. The van der Waals surface area contributed by atoms with Gasteiger partial charge in [0.05, 0.1) is 17.8 Å². The van der Waals surface area contributed by atoms with Gasteiger partial charge in [0, 0.05) is 18.9 Å². The van der Waals surface area contributed by atoms with Gasteiger partial charge in [0.2, 0.25) is 0 Å². The average Bonchev–Trinajstić information content (AvgIpc) is 3.60. The summed E-state index contributed by atoms with van der Waals surface area (Å²) in [6.45, 7) is 2.70. The average molecular weight is 453 g/mol. The Morgan fingerprint density at radius 3 is 2.82 bits per heavy atom. The Kier molecular flexibility index (Phi) is 5.72. The monoisotopic (exact) mass is 452 g/mol. The van der Waals surface area contributed by atoms with E-state index < -0.39 is 23.9 Å². The van der Waals surface area contributed by atoms with E-state index in [9.17, 15) is 14.7 Å². The van der Waals surface area contributed by atoms with Crippen LogP contribution in [0.25, 0.3) is 0 Å². The van der Waals surface area contributed by atoms with Crippen LogP contribution in [0, 0.1) is 18.3 Å². The summed E-state index contributed by atoms with van der Waals surface area (Å²) in [5.41, 5.74) is 0.822. The lowest BCUT2D eigenvalue weighted by Gasteiger charge is -2.38. The van der Waals surface area contributed by atoms with Crippen LogP contribution < -0.4 is 11.4 Å². The van der Waals surface area contributed by atoms with Crippen molar-refractivity contribution in [3.05, 3.63) is 56.9 Å².